The highest BCUT2D eigenvalue weighted by Crippen LogP contribution is 2.41. The van der Waals surface area contributed by atoms with Crippen LogP contribution in [-0.2, 0) is 10.0 Å². The summed E-state index contributed by atoms with van der Waals surface area (Å²) in [5, 5.41) is 0.445. The molecule has 12 heteroatoms. The van der Waals surface area contributed by atoms with E-state index in [0.29, 0.717) is 57.0 Å². The van der Waals surface area contributed by atoms with Gasteiger partial charge in [-0.1, -0.05) is 35.9 Å². The van der Waals surface area contributed by atoms with E-state index in [4.69, 9.17) is 26.6 Å². The summed E-state index contributed by atoms with van der Waals surface area (Å²) in [6.45, 7) is 0. The topological polar surface area (TPSA) is 97.8 Å². The number of nitrogens with one attached hydrogen (secondary N) is 1. The molecule has 5 aromatic rings. The number of nitrogens with zero attached hydrogens (tertiary/aromatic N) is 7. The third kappa shape index (κ3) is 5.40. The van der Waals surface area contributed by atoms with E-state index < -0.39 is 10.0 Å². The van der Waals surface area contributed by atoms with Gasteiger partial charge in [0.2, 0.25) is 0 Å². The maximum absolute atomic E-state index is 13.7. The number of hydrogen-bond acceptors (Lipinski definition) is 9. The van der Waals surface area contributed by atoms with Crippen LogP contribution in [0.25, 0.3) is 0 Å². The van der Waals surface area contributed by atoms with Gasteiger partial charge in [0.15, 0.2) is 0 Å². The lowest BCUT2D eigenvalue weighted by atomic mass is 10.2. The van der Waals surface area contributed by atoms with Crippen LogP contribution in [0.2, 0.25) is 5.02 Å². The maximum Gasteiger partial charge on any atom is 0.262 e. The molecule has 43 heavy (non-hydrogen) atoms. The van der Waals surface area contributed by atoms with Gasteiger partial charge in [0, 0.05) is 33.2 Å². The molecule has 0 unspecified atom stereocenters. The van der Waals surface area contributed by atoms with Crippen LogP contribution in [0.1, 0.15) is 0 Å². The number of anilines is 9. The summed E-state index contributed by atoms with van der Waals surface area (Å²) in [5.74, 6) is 3.96. The van der Waals surface area contributed by atoms with Gasteiger partial charge < -0.3 is 19.6 Å². The van der Waals surface area contributed by atoms with Crippen LogP contribution in [0.4, 0.5) is 52.0 Å². The first-order chi connectivity index (χ1) is 20.6. The zero-order valence-corrected chi connectivity index (χ0v) is 25.5. The molecule has 0 aliphatic carbocycles. The molecule has 0 amide bonds. The summed E-state index contributed by atoms with van der Waals surface area (Å²) < 4.78 is 30.3. The Morgan fingerprint density at radius 3 is 1.28 bits per heavy atom. The van der Waals surface area contributed by atoms with Crippen molar-refractivity contribution in [3.63, 3.8) is 0 Å². The van der Waals surface area contributed by atoms with E-state index in [9.17, 15) is 8.42 Å². The van der Waals surface area contributed by atoms with Crippen molar-refractivity contribution in [3.8, 4) is 0 Å². The van der Waals surface area contributed by atoms with E-state index in [1.165, 1.54) is 12.1 Å². The lowest BCUT2D eigenvalue weighted by Crippen LogP contribution is -2.23. The molecular weight excluding hydrogens is 584 g/mol. The summed E-state index contributed by atoms with van der Waals surface area (Å²) in [6, 6.07) is 28.8. The van der Waals surface area contributed by atoms with E-state index in [2.05, 4.69) is 4.72 Å². The lowest BCUT2D eigenvalue weighted by Gasteiger charge is -2.29. The summed E-state index contributed by atoms with van der Waals surface area (Å²) in [4.78, 5) is 22.3. The van der Waals surface area contributed by atoms with E-state index in [0.717, 1.165) is 0 Å². The van der Waals surface area contributed by atoms with Crippen LogP contribution in [-0.4, -0.2) is 51.6 Å². The molecule has 0 spiro atoms. The maximum atomic E-state index is 13.7. The molecule has 0 saturated carbocycles. The molecule has 4 heterocycles. The second kappa shape index (κ2) is 11.1. The Kier molecular flexibility index (Phi) is 7.28. The molecule has 6 rings (SSSR count). The van der Waals surface area contributed by atoms with Crippen molar-refractivity contribution in [1.82, 2.24) is 15.0 Å². The second-order valence-electron chi connectivity index (χ2n) is 10.0. The van der Waals surface area contributed by atoms with Gasteiger partial charge in [-0.3, -0.25) is 4.72 Å². The van der Waals surface area contributed by atoms with Crippen molar-refractivity contribution in [1.29, 1.82) is 0 Å². The van der Waals surface area contributed by atoms with Crippen molar-refractivity contribution in [2.75, 3.05) is 52.5 Å². The summed E-state index contributed by atoms with van der Waals surface area (Å²) in [6.07, 6.45) is 0. The molecule has 2 aromatic carbocycles. The minimum Gasteiger partial charge on any atom is -0.328 e. The SMILES string of the molecule is CN1c2cccc(n2)N(C)c2cccc(n2)N(C)c2cccc(c2NS(=O)(=O)c2ccc(Cl)cc2)N(C)c2cccc1n2. The minimum absolute atomic E-state index is 0.0854. The van der Waals surface area contributed by atoms with Crippen LogP contribution in [0, 0.1) is 0 Å². The molecule has 10 nitrogen and oxygen atoms in total. The molecule has 218 valence electrons. The zero-order valence-electron chi connectivity index (χ0n) is 24.0. The Hall–Kier alpha value is -4.87. The average molecular weight is 613 g/mol. The number of fused-ring (bicyclic) bond motifs is 8. The van der Waals surface area contributed by atoms with Crippen molar-refractivity contribution >= 4 is 73.6 Å². The predicted molar refractivity (Wildman–Crippen MR) is 174 cm³/mol. The summed E-state index contributed by atoms with van der Waals surface area (Å²) in [5.41, 5.74) is 1.55. The molecule has 0 fully saturated rings. The van der Waals surface area contributed by atoms with Crippen LogP contribution in [0.3, 0.4) is 0 Å². The van der Waals surface area contributed by atoms with Gasteiger partial charge in [-0.05, 0) is 72.8 Å². The Morgan fingerprint density at radius 2 is 0.884 bits per heavy atom. The third-order valence-electron chi connectivity index (χ3n) is 7.32. The van der Waals surface area contributed by atoms with Crippen molar-refractivity contribution in [3.05, 3.63) is 102 Å². The van der Waals surface area contributed by atoms with Gasteiger partial charge in [0.25, 0.3) is 10.0 Å². The minimum atomic E-state index is -4.00. The average Bonchev–Trinajstić information content (AvgIpc) is 3.03. The number of halogens is 1. The Labute approximate surface area is 255 Å². The fraction of sp³-hybridized carbons (Fsp3) is 0.129. The van der Waals surface area contributed by atoms with Crippen molar-refractivity contribution in [2.45, 2.75) is 4.90 Å². The highest BCUT2D eigenvalue weighted by molar-refractivity contribution is 7.92. The number of aromatic nitrogens is 3. The van der Waals surface area contributed by atoms with Crippen LogP contribution in [0.15, 0.2) is 102 Å². The standard InChI is InChI=1S/C31H29ClN8O2S/c1-37-23-9-5-10-24(31(23)36-43(41,42)22-19-17-21(32)18-20-22)38(2)26-12-7-14-28(34-26)40(4)30-16-8-15-29(35-30)39(3)27-13-6-11-25(37)33-27/h5-20,36H,1-4H3. The van der Waals surface area contributed by atoms with Crippen LogP contribution >= 0.6 is 11.6 Å². The molecule has 1 aliphatic rings. The van der Waals surface area contributed by atoms with Crippen molar-refractivity contribution < 1.29 is 8.42 Å². The highest BCUT2D eigenvalue weighted by atomic mass is 35.5. The number of pyridine rings is 3. The molecule has 1 N–H and O–H groups in total. The van der Waals surface area contributed by atoms with Crippen LogP contribution < -0.4 is 24.3 Å². The lowest BCUT2D eigenvalue weighted by molar-refractivity contribution is 0.601. The van der Waals surface area contributed by atoms with Crippen LogP contribution in [0.5, 0.6) is 0 Å². The molecule has 0 saturated heterocycles. The van der Waals surface area contributed by atoms with Gasteiger partial charge in [0.1, 0.15) is 34.9 Å². The molecule has 1 aliphatic heterocycles. The quantitative estimate of drug-likeness (QED) is 0.238. The summed E-state index contributed by atoms with van der Waals surface area (Å²) in [7, 11) is 3.50. The third-order valence-corrected chi connectivity index (χ3v) is 8.94. The Balaban J connectivity index is 1.58. The number of sulfonamides is 1. The first kappa shape index (κ1) is 28.3. The molecule has 8 bridgehead atoms. The normalized spacial score (nSPS) is 13.2. The summed E-state index contributed by atoms with van der Waals surface area (Å²) >= 11 is 6.04. The highest BCUT2D eigenvalue weighted by Gasteiger charge is 2.24. The van der Waals surface area contributed by atoms with Gasteiger partial charge in [-0.25, -0.2) is 23.4 Å². The van der Waals surface area contributed by atoms with Gasteiger partial charge >= 0.3 is 0 Å². The molecular formula is C31H29ClN8O2S. The van der Waals surface area contributed by atoms with E-state index in [-0.39, 0.29) is 4.90 Å². The second-order valence-corrected chi connectivity index (χ2v) is 12.1. The molecule has 3 aromatic heterocycles. The Morgan fingerprint density at radius 1 is 0.535 bits per heavy atom. The molecule has 0 atom stereocenters. The number of benzene rings is 2. The van der Waals surface area contributed by atoms with Crippen molar-refractivity contribution in [2.24, 2.45) is 0 Å². The van der Waals surface area contributed by atoms with Gasteiger partial charge in [0.05, 0.1) is 22.0 Å². The largest absolute Gasteiger partial charge is 0.328 e. The number of rotatable bonds is 3. The van der Waals surface area contributed by atoms with E-state index >= 15 is 0 Å². The van der Waals surface area contributed by atoms with E-state index in [1.807, 2.05) is 121 Å². The first-order valence-electron chi connectivity index (χ1n) is 13.4. The van der Waals surface area contributed by atoms with Gasteiger partial charge in [-0.15, -0.1) is 0 Å². The smallest absolute Gasteiger partial charge is 0.262 e. The molecule has 0 radical (unpaired) electrons. The fourth-order valence-electron chi connectivity index (χ4n) is 4.84. The zero-order chi connectivity index (χ0) is 30.3. The monoisotopic (exact) mass is 612 g/mol. The number of hydrogen-bond donors (Lipinski definition) is 1. The number of para-hydroxylation sites is 1. The van der Waals surface area contributed by atoms with E-state index in [1.54, 1.807) is 12.1 Å². The predicted octanol–water partition coefficient (Wildman–Crippen LogP) is 6.71. The first-order valence-corrected chi connectivity index (χ1v) is 15.3. The Bertz CT molecular complexity index is 1830. The fourth-order valence-corrected chi connectivity index (χ4v) is 6.05. The van der Waals surface area contributed by atoms with Gasteiger partial charge in [-0.2, -0.15) is 0 Å².